The maximum Gasteiger partial charge on any atom is 0.253 e. The molecule has 4 nitrogen and oxygen atoms in total. The Bertz CT molecular complexity index is 589. The molecular formula is C19H28N2O2S. The number of rotatable bonds is 6. The van der Waals surface area contributed by atoms with E-state index in [1.807, 2.05) is 30.0 Å². The van der Waals surface area contributed by atoms with E-state index < -0.39 is 0 Å². The van der Waals surface area contributed by atoms with E-state index in [1.165, 1.54) is 6.42 Å². The maximum atomic E-state index is 12.6. The minimum Gasteiger partial charge on any atom is -0.338 e. The quantitative estimate of drug-likeness (QED) is 0.792. The summed E-state index contributed by atoms with van der Waals surface area (Å²) >= 11 is 1.76. The molecule has 1 saturated heterocycles. The summed E-state index contributed by atoms with van der Waals surface area (Å²) in [5, 5.41) is 2.94. The fourth-order valence-electron chi connectivity index (χ4n) is 3.02. The molecule has 0 spiro atoms. The number of hydrogen-bond acceptors (Lipinski definition) is 3. The number of thioether (sulfide) groups is 1. The number of carbonyl (C=O) groups is 2. The number of hydrogen-bond donors (Lipinski definition) is 1. The summed E-state index contributed by atoms with van der Waals surface area (Å²) in [5.41, 5.74) is 2.44. The number of amides is 2. The normalized spacial score (nSPS) is 17.6. The molecule has 1 aromatic rings. The van der Waals surface area contributed by atoms with Crippen molar-refractivity contribution in [1.29, 1.82) is 0 Å². The monoisotopic (exact) mass is 348 g/mol. The molecule has 0 bridgehead atoms. The molecule has 0 aromatic heterocycles. The molecular weight excluding hydrogens is 320 g/mol. The van der Waals surface area contributed by atoms with Gasteiger partial charge in [-0.2, -0.15) is 11.8 Å². The van der Waals surface area contributed by atoms with Gasteiger partial charge in [-0.05, 0) is 55.2 Å². The van der Waals surface area contributed by atoms with Gasteiger partial charge in [-0.1, -0.05) is 13.8 Å². The first kappa shape index (κ1) is 18.8. The highest BCUT2D eigenvalue weighted by atomic mass is 32.2. The summed E-state index contributed by atoms with van der Waals surface area (Å²) in [6.07, 6.45) is 2.80. The molecule has 2 rings (SSSR count). The molecule has 1 atom stereocenters. The number of anilines is 1. The summed E-state index contributed by atoms with van der Waals surface area (Å²) in [7, 11) is 0. The highest BCUT2D eigenvalue weighted by Crippen LogP contribution is 2.21. The van der Waals surface area contributed by atoms with Gasteiger partial charge in [-0.15, -0.1) is 0 Å². The zero-order chi connectivity index (χ0) is 17.5. The van der Waals surface area contributed by atoms with Crippen molar-refractivity contribution in [3.8, 4) is 0 Å². The fourth-order valence-corrected chi connectivity index (χ4v) is 3.63. The average molecular weight is 349 g/mol. The Morgan fingerprint density at radius 2 is 2.17 bits per heavy atom. The van der Waals surface area contributed by atoms with Gasteiger partial charge in [0.05, 0.1) is 0 Å². The third-order valence-electron chi connectivity index (χ3n) is 4.37. The number of likely N-dealkylation sites (tertiary alicyclic amines) is 1. The van der Waals surface area contributed by atoms with Crippen LogP contribution in [0.25, 0.3) is 0 Å². The lowest BCUT2D eigenvalue weighted by atomic mass is 9.99. The van der Waals surface area contributed by atoms with E-state index in [1.54, 1.807) is 11.8 Å². The van der Waals surface area contributed by atoms with Crippen LogP contribution in [-0.4, -0.2) is 41.3 Å². The average Bonchev–Trinajstić information content (AvgIpc) is 2.56. The van der Waals surface area contributed by atoms with Crippen molar-refractivity contribution >= 4 is 29.3 Å². The second-order valence-electron chi connectivity index (χ2n) is 6.52. The molecule has 1 N–H and O–H groups in total. The van der Waals surface area contributed by atoms with Crippen molar-refractivity contribution in [2.45, 2.75) is 40.0 Å². The SMILES string of the molecule is CCSCCC(=O)Nc1ccc(C(=O)N2CCC[C@H](C)C2)cc1C. The predicted octanol–water partition coefficient (Wildman–Crippen LogP) is 3.95. The fraction of sp³-hybridized carbons (Fsp3) is 0.579. The molecule has 1 fully saturated rings. The van der Waals surface area contributed by atoms with Crippen LogP contribution >= 0.6 is 11.8 Å². The van der Waals surface area contributed by atoms with Crippen molar-refractivity contribution in [1.82, 2.24) is 4.90 Å². The highest BCUT2D eigenvalue weighted by molar-refractivity contribution is 7.99. The third kappa shape index (κ3) is 5.26. The van der Waals surface area contributed by atoms with Gasteiger partial charge in [0.25, 0.3) is 5.91 Å². The number of nitrogens with zero attached hydrogens (tertiary/aromatic N) is 1. The first-order valence-corrected chi connectivity index (χ1v) is 9.94. The van der Waals surface area contributed by atoms with Crippen LogP contribution in [0, 0.1) is 12.8 Å². The van der Waals surface area contributed by atoms with Gasteiger partial charge >= 0.3 is 0 Å². The summed E-state index contributed by atoms with van der Waals surface area (Å²) in [4.78, 5) is 26.5. The summed E-state index contributed by atoms with van der Waals surface area (Å²) in [5.74, 6) is 2.57. The predicted molar refractivity (Wildman–Crippen MR) is 102 cm³/mol. The molecule has 5 heteroatoms. The largest absolute Gasteiger partial charge is 0.338 e. The standard InChI is InChI=1S/C19H28N2O2S/c1-4-24-11-9-18(22)20-17-8-7-16(12-15(17)3)19(23)21-10-5-6-14(2)13-21/h7-8,12,14H,4-6,9-11,13H2,1-3H3,(H,20,22)/t14-/m0/s1. The lowest BCUT2D eigenvalue weighted by Crippen LogP contribution is -2.39. The van der Waals surface area contributed by atoms with Crippen LogP contribution in [0.4, 0.5) is 5.69 Å². The Labute approximate surface area is 149 Å². The molecule has 0 saturated carbocycles. The van der Waals surface area contributed by atoms with E-state index in [-0.39, 0.29) is 11.8 Å². The molecule has 1 aliphatic heterocycles. The van der Waals surface area contributed by atoms with Crippen LogP contribution in [0.1, 0.15) is 49.0 Å². The van der Waals surface area contributed by atoms with Gasteiger partial charge in [-0.25, -0.2) is 0 Å². The van der Waals surface area contributed by atoms with Crippen LogP contribution in [0.2, 0.25) is 0 Å². The summed E-state index contributed by atoms with van der Waals surface area (Å²) in [6, 6.07) is 5.56. The zero-order valence-corrected chi connectivity index (χ0v) is 15.7. The molecule has 0 unspecified atom stereocenters. The van der Waals surface area contributed by atoms with Gasteiger partial charge in [0.2, 0.25) is 5.91 Å². The lowest BCUT2D eigenvalue weighted by Gasteiger charge is -2.31. The van der Waals surface area contributed by atoms with Gasteiger partial charge in [0.15, 0.2) is 0 Å². The number of aryl methyl sites for hydroxylation is 1. The molecule has 1 heterocycles. The molecule has 132 valence electrons. The van der Waals surface area contributed by atoms with Crippen LogP contribution in [0.3, 0.4) is 0 Å². The first-order valence-electron chi connectivity index (χ1n) is 8.78. The van der Waals surface area contributed by atoms with Gasteiger partial charge in [0.1, 0.15) is 0 Å². The minimum atomic E-state index is 0.0305. The molecule has 0 aliphatic carbocycles. The van der Waals surface area contributed by atoms with E-state index >= 15 is 0 Å². The van der Waals surface area contributed by atoms with Crippen molar-refractivity contribution in [3.63, 3.8) is 0 Å². The first-order chi connectivity index (χ1) is 11.5. The Kier molecular flexibility index (Phi) is 7.16. The number of nitrogens with one attached hydrogen (secondary N) is 1. The molecule has 1 aromatic carbocycles. The minimum absolute atomic E-state index is 0.0305. The van der Waals surface area contributed by atoms with Crippen LogP contribution < -0.4 is 5.32 Å². The van der Waals surface area contributed by atoms with Crippen molar-refractivity contribution in [2.24, 2.45) is 5.92 Å². The Morgan fingerprint density at radius 1 is 1.38 bits per heavy atom. The van der Waals surface area contributed by atoms with E-state index in [0.717, 1.165) is 42.3 Å². The van der Waals surface area contributed by atoms with Crippen LogP contribution in [-0.2, 0) is 4.79 Å². The molecule has 0 radical (unpaired) electrons. The zero-order valence-electron chi connectivity index (χ0n) is 14.9. The second kappa shape index (κ2) is 9.11. The number of benzene rings is 1. The number of carbonyl (C=O) groups excluding carboxylic acids is 2. The van der Waals surface area contributed by atoms with Crippen molar-refractivity contribution in [3.05, 3.63) is 29.3 Å². The van der Waals surface area contributed by atoms with Crippen molar-refractivity contribution in [2.75, 3.05) is 29.9 Å². The van der Waals surface area contributed by atoms with Gasteiger partial charge in [0, 0.05) is 36.5 Å². The molecule has 2 amide bonds. The highest BCUT2D eigenvalue weighted by Gasteiger charge is 2.22. The van der Waals surface area contributed by atoms with E-state index in [4.69, 9.17) is 0 Å². The molecule has 1 aliphatic rings. The van der Waals surface area contributed by atoms with Crippen LogP contribution in [0.15, 0.2) is 18.2 Å². The summed E-state index contributed by atoms with van der Waals surface area (Å²) < 4.78 is 0. The van der Waals surface area contributed by atoms with E-state index in [9.17, 15) is 9.59 Å². The Morgan fingerprint density at radius 3 is 2.83 bits per heavy atom. The Hall–Kier alpha value is -1.49. The van der Waals surface area contributed by atoms with Crippen molar-refractivity contribution < 1.29 is 9.59 Å². The maximum absolute atomic E-state index is 12.6. The number of piperidine rings is 1. The molecule has 24 heavy (non-hydrogen) atoms. The van der Waals surface area contributed by atoms with E-state index in [2.05, 4.69) is 19.2 Å². The lowest BCUT2D eigenvalue weighted by molar-refractivity contribution is -0.115. The van der Waals surface area contributed by atoms with Gasteiger partial charge in [-0.3, -0.25) is 9.59 Å². The topological polar surface area (TPSA) is 49.4 Å². The summed E-state index contributed by atoms with van der Waals surface area (Å²) in [6.45, 7) is 7.90. The van der Waals surface area contributed by atoms with Gasteiger partial charge < -0.3 is 10.2 Å². The van der Waals surface area contributed by atoms with E-state index in [0.29, 0.717) is 17.9 Å². The van der Waals surface area contributed by atoms with Crippen LogP contribution in [0.5, 0.6) is 0 Å². The Balaban J connectivity index is 1.98. The second-order valence-corrected chi connectivity index (χ2v) is 7.92. The smallest absolute Gasteiger partial charge is 0.253 e. The third-order valence-corrected chi connectivity index (χ3v) is 5.27.